The predicted octanol–water partition coefficient (Wildman–Crippen LogP) is -0.0751. The number of hydrogen-bond acceptors (Lipinski definition) is 5. The molecule has 0 saturated heterocycles. The molecule has 0 bridgehead atoms. The molecule has 0 aliphatic heterocycles. The first-order valence-corrected chi connectivity index (χ1v) is 6.25. The Labute approximate surface area is 124 Å². The first-order valence-electron chi connectivity index (χ1n) is 6.25. The van der Waals surface area contributed by atoms with E-state index >= 15 is 0 Å². The zero-order valence-corrected chi connectivity index (χ0v) is 11.5. The van der Waals surface area contributed by atoms with E-state index in [1.807, 2.05) is 6.07 Å². The first kappa shape index (κ1) is 17.1. The van der Waals surface area contributed by atoms with Crippen LogP contribution in [0.1, 0.15) is 23.2 Å². The van der Waals surface area contributed by atoms with Crippen LogP contribution >= 0.6 is 0 Å². The van der Waals surface area contributed by atoms with E-state index in [0.717, 1.165) is 5.39 Å². The number of H-pyrrole nitrogens is 1. The second-order valence-electron chi connectivity index (χ2n) is 4.38. The van der Waals surface area contributed by atoms with Gasteiger partial charge in [0.1, 0.15) is 6.04 Å². The number of carbonyl (C=O) groups is 3. The molecular formula is C13H16N4O5. The molecule has 2 rings (SSSR count). The number of aliphatic carboxylic acids is 2. The van der Waals surface area contributed by atoms with Crippen LogP contribution in [0.25, 0.3) is 10.9 Å². The van der Waals surface area contributed by atoms with E-state index in [1.165, 1.54) is 0 Å². The Morgan fingerprint density at radius 1 is 1.27 bits per heavy atom. The second kappa shape index (κ2) is 7.74. The molecule has 1 unspecified atom stereocenters. The van der Waals surface area contributed by atoms with E-state index in [4.69, 9.17) is 21.7 Å². The normalized spacial score (nSPS) is 11.3. The molecule has 2 aromatic rings. The van der Waals surface area contributed by atoms with E-state index in [0.29, 0.717) is 11.1 Å². The molecule has 1 atom stereocenters. The zero-order chi connectivity index (χ0) is 16.7. The van der Waals surface area contributed by atoms with E-state index in [-0.39, 0.29) is 12.8 Å². The average Bonchev–Trinajstić information content (AvgIpc) is 2.93. The second-order valence-corrected chi connectivity index (χ2v) is 4.38. The minimum Gasteiger partial charge on any atom is -0.481 e. The van der Waals surface area contributed by atoms with Crippen molar-refractivity contribution in [2.24, 2.45) is 11.5 Å². The fourth-order valence-electron chi connectivity index (χ4n) is 1.58. The summed E-state index contributed by atoms with van der Waals surface area (Å²) in [5.74, 6) is -2.64. The Bertz CT molecular complexity index is 682. The Kier molecular flexibility index (Phi) is 6.02. The average molecular weight is 308 g/mol. The molecule has 1 amide bonds. The van der Waals surface area contributed by atoms with Crippen LogP contribution < -0.4 is 11.5 Å². The largest absolute Gasteiger partial charge is 0.481 e. The number of carbonyl (C=O) groups excluding carboxylic acids is 1. The highest BCUT2D eigenvalue weighted by Gasteiger charge is 2.12. The number of aromatic nitrogens is 2. The van der Waals surface area contributed by atoms with Crippen LogP contribution in [-0.2, 0) is 9.59 Å². The highest BCUT2D eigenvalue weighted by Crippen LogP contribution is 2.14. The molecular weight excluding hydrogens is 292 g/mol. The smallest absolute Gasteiger partial charge is 0.320 e. The molecule has 7 N–H and O–H groups in total. The van der Waals surface area contributed by atoms with Gasteiger partial charge in [0.15, 0.2) is 0 Å². The van der Waals surface area contributed by atoms with Gasteiger partial charge in [0.2, 0.25) is 0 Å². The molecule has 1 heterocycles. The van der Waals surface area contributed by atoms with E-state index in [2.05, 4.69) is 10.2 Å². The number of hydrogen-bond donors (Lipinski definition) is 5. The molecule has 1 aromatic heterocycles. The molecule has 9 heteroatoms. The lowest BCUT2D eigenvalue weighted by molar-refractivity contribution is -0.139. The Morgan fingerprint density at radius 3 is 2.50 bits per heavy atom. The van der Waals surface area contributed by atoms with Crippen LogP contribution in [0.3, 0.4) is 0 Å². The standard InChI is InChI=1S/C8H7N3O.C5H9NO4/c9-8(12)6-3-1-2-5-4-10-11-7(5)6;6-3(5(9)10)1-2-4(7)8/h1-4H,(H2,9,12)(H,10,11);3H,1-2,6H2,(H,7,8)(H,9,10). The topological polar surface area (TPSA) is 172 Å². The highest BCUT2D eigenvalue weighted by molar-refractivity contribution is 6.04. The molecule has 0 aliphatic rings. The molecule has 0 fully saturated rings. The summed E-state index contributed by atoms with van der Waals surface area (Å²) < 4.78 is 0. The maximum Gasteiger partial charge on any atom is 0.320 e. The van der Waals surface area contributed by atoms with Gasteiger partial charge in [-0.15, -0.1) is 0 Å². The summed E-state index contributed by atoms with van der Waals surface area (Å²) in [6, 6.07) is 4.25. The number of benzene rings is 1. The summed E-state index contributed by atoms with van der Waals surface area (Å²) in [5, 5.41) is 23.7. The van der Waals surface area contributed by atoms with Gasteiger partial charge in [-0.1, -0.05) is 12.1 Å². The van der Waals surface area contributed by atoms with Crippen molar-refractivity contribution in [1.82, 2.24) is 10.2 Å². The number of nitrogens with one attached hydrogen (secondary N) is 1. The third-order valence-electron chi connectivity index (χ3n) is 2.73. The minimum atomic E-state index is -1.17. The number of carboxylic acids is 2. The molecule has 118 valence electrons. The van der Waals surface area contributed by atoms with Gasteiger partial charge in [-0.25, -0.2) is 0 Å². The van der Waals surface area contributed by atoms with Crippen molar-refractivity contribution in [3.05, 3.63) is 30.0 Å². The minimum absolute atomic E-state index is 0.0231. The Morgan fingerprint density at radius 2 is 1.95 bits per heavy atom. The van der Waals surface area contributed by atoms with Crippen LogP contribution in [0.2, 0.25) is 0 Å². The van der Waals surface area contributed by atoms with Gasteiger partial charge < -0.3 is 21.7 Å². The molecule has 0 aliphatic carbocycles. The maximum absolute atomic E-state index is 10.9. The molecule has 0 radical (unpaired) electrons. The number of fused-ring (bicyclic) bond motifs is 1. The van der Waals surface area contributed by atoms with Gasteiger partial charge >= 0.3 is 11.9 Å². The van der Waals surface area contributed by atoms with Crippen molar-refractivity contribution in [2.45, 2.75) is 18.9 Å². The van der Waals surface area contributed by atoms with Crippen LogP contribution in [0.5, 0.6) is 0 Å². The number of carboxylic acid groups (broad SMARTS) is 2. The summed E-state index contributed by atoms with van der Waals surface area (Å²) in [6.07, 6.45) is 1.43. The molecule has 1 aromatic carbocycles. The molecule has 22 heavy (non-hydrogen) atoms. The number of primary amides is 1. The van der Waals surface area contributed by atoms with Crippen molar-refractivity contribution in [1.29, 1.82) is 0 Å². The third-order valence-corrected chi connectivity index (χ3v) is 2.73. The number of nitrogens with two attached hydrogens (primary N) is 2. The number of para-hydroxylation sites is 1. The van der Waals surface area contributed by atoms with Gasteiger partial charge in [-0.2, -0.15) is 5.10 Å². The van der Waals surface area contributed by atoms with Gasteiger partial charge in [0, 0.05) is 11.8 Å². The zero-order valence-electron chi connectivity index (χ0n) is 11.5. The maximum atomic E-state index is 10.9. The number of amides is 1. The fourth-order valence-corrected chi connectivity index (χ4v) is 1.58. The molecule has 0 spiro atoms. The van der Waals surface area contributed by atoms with Crippen molar-refractivity contribution in [2.75, 3.05) is 0 Å². The van der Waals surface area contributed by atoms with Gasteiger partial charge in [-0.3, -0.25) is 19.5 Å². The lowest BCUT2D eigenvalue weighted by atomic mass is 10.1. The van der Waals surface area contributed by atoms with Crippen molar-refractivity contribution in [3.8, 4) is 0 Å². The van der Waals surface area contributed by atoms with Crippen LogP contribution in [0.15, 0.2) is 24.4 Å². The fraction of sp³-hybridized carbons (Fsp3) is 0.231. The number of aromatic amines is 1. The van der Waals surface area contributed by atoms with Crippen molar-refractivity contribution < 1.29 is 24.6 Å². The quantitative estimate of drug-likeness (QED) is 0.513. The van der Waals surface area contributed by atoms with Crippen molar-refractivity contribution in [3.63, 3.8) is 0 Å². The Balaban J connectivity index is 0.000000225. The molecule has 9 nitrogen and oxygen atoms in total. The SMILES string of the molecule is NC(=O)c1cccc2cn[nH]c12.NC(CCC(=O)O)C(=O)O. The predicted molar refractivity (Wildman–Crippen MR) is 77.1 cm³/mol. The summed E-state index contributed by atoms with van der Waals surface area (Å²) in [5.41, 5.74) is 11.3. The van der Waals surface area contributed by atoms with Crippen LogP contribution in [-0.4, -0.2) is 44.3 Å². The monoisotopic (exact) mass is 308 g/mol. The Hall–Kier alpha value is -2.94. The van der Waals surface area contributed by atoms with Gasteiger partial charge in [0.25, 0.3) is 5.91 Å². The summed E-state index contributed by atoms with van der Waals surface area (Å²) >= 11 is 0. The summed E-state index contributed by atoms with van der Waals surface area (Å²) in [6.45, 7) is 0. The van der Waals surface area contributed by atoms with E-state index in [9.17, 15) is 14.4 Å². The van der Waals surface area contributed by atoms with Crippen LogP contribution in [0, 0.1) is 0 Å². The number of rotatable bonds is 5. The first-order chi connectivity index (χ1) is 10.3. The lowest BCUT2D eigenvalue weighted by Gasteiger charge is -2.01. The van der Waals surface area contributed by atoms with E-state index in [1.54, 1.807) is 18.3 Å². The summed E-state index contributed by atoms with van der Waals surface area (Å²) in [7, 11) is 0. The highest BCUT2D eigenvalue weighted by atomic mass is 16.4. The van der Waals surface area contributed by atoms with Crippen LogP contribution in [0.4, 0.5) is 0 Å². The van der Waals surface area contributed by atoms with Crippen molar-refractivity contribution >= 4 is 28.7 Å². The number of nitrogens with zero attached hydrogens (tertiary/aromatic N) is 1. The van der Waals surface area contributed by atoms with Gasteiger partial charge in [0.05, 0.1) is 17.3 Å². The summed E-state index contributed by atoms with van der Waals surface area (Å²) in [4.78, 5) is 30.8. The van der Waals surface area contributed by atoms with E-state index < -0.39 is 23.9 Å². The lowest BCUT2D eigenvalue weighted by Crippen LogP contribution is -2.30. The van der Waals surface area contributed by atoms with Gasteiger partial charge in [-0.05, 0) is 12.5 Å². The third kappa shape index (κ3) is 4.87. The molecule has 0 saturated carbocycles.